The van der Waals surface area contributed by atoms with Gasteiger partial charge in [0, 0.05) is 13.1 Å². The molecular weight excluding hydrogens is 499 g/mol. The first kappa shape index (κ1) is 29.6. The molecule has 7 nitrogen and oxygen atoms in total. The van der Waals surface area contributed by atoms with E-state index in [2.05, 4.69) is 39.0 Å². The van der Waals surface area contributed by atoms with Crippen molar-refractivity contribution in [2.75, 3.05) is 26.2 Å². The van der Waals surface area contributed by atoms with Crippen LogP contribution in [-0.2, 0) is 53.9 Å². The van der Waals surface area contributed by atoms with Crippen LogP contribution < -0.4 is 5.48 Å². The molecule has 1 amide bonds. The molecule has 0 aliphatic carbocycles. The topological polar surface area (TPSA) is 90.0 Å². The Kier molecular flexibility index (Phi) is 13.7. The van der Waals surface area contributed by atoms with Crippen LogP contribution in [0.4, 0.5) is 0 Å². The molecule has 10 heteroatoms. The molecule has 164 valence electrons. The zero-order valence-electron chi connectivity index (χ0n) is 17.6. The van der Waals surface area contributed by atoms with Crippen LogP contribution in [0, 0.1) is 19.9 Å². The fourth-order valence-corrected chi connectivity index (χ4v) is 5.28. The van der Waals surface area contributed by atoms with Gasteiger partial charge in [-0.15, -0.1) is 13.1 Å². The SMILES string of the molecule is CCc1cc[c-]cc1.[CH2-]CN(C[CH2-])S(=O)(=O)C1(C(=O)NO)CCN(C(C)=S)CC1.[Y+3]. The number of rotatable bonds is 6. The van der Waals surface area contributed by atoms with Gasteiger partial charge in [-0.2, -0.15) is 35.9 Å². The summed E-state index contributed by atoms with van der Waals surface area (Å²) in [6.07, 6.45) is 1.22. The predicted molar refractivity (Wildman–Crippen MR) is 118 cm³/mol. The minimum atomic E-state index is -3.98. The standard InChI is InChI=1S/C12H21N3O4S2.C8H9.Y/c1-4-15(5-2)21(18,19)12(11(16)13-17)6-8-14(9-7-12)10(3)20;1-2-8-6-4-3-5-7-8;/h17H,1-2,4-9H2,3H3,(H,13,16);4-7H,2H2,1H3;/q-2;-1;+3. The van der Waals surface area contributed by atoms with Crippen molar-refractivity contribution in [2.24, 2.45) is 0 Å². The second-order valence-corrected chi connectivity index (χ2v) is 9.45. The number of benzene rings is 1. The first-order chi connectivity index (χ1) is 13.7. The molecule has 0 bridgehead atoms. The molecule has 1 aromatic rings. The van der Waals surface area contributed by atoms with E-state index in [1.54, 1.807) is 6.92 Å². The number of hydrogen-bond donors (Lipinski definition) is 2. The smallest absolute Gasteiger partial charge is 0.366 e. The molecule has 0 unspecified atom stereocenters. The second kappa shape index (κ2) is 13.9. The summed E-state index contributed by atoms with van der Waals surface area (Å²) < 4.78 is 24.9. The normalized spacial score (nSPS) is 15.5. The van der Waals surface area contributed by atoms with Crippen molar-refractivity contribution in [3.8, 4) is 0 Å². The van der Waals surface area contributed by atoms with Gasteiger partial charge in [0.05, 0.1) is 4.99 Å². The number of aryl methyl sites for hydroxylation is 1. The molecule has 0 spiro atoms. The number of hydrogen-bond acceptors (Lipinski definition) is 5. The average molecular weight is 530 g/mol. The van der Waals surface area contributed by atoms with Gasteiger partial charge in [-0.1, -0.05) is 25.6 Å². The maximum Gasteiger partial charge on any atom is 3.00 e. The van der Waals surface area contributed by atoms with Crippen LogP contribution in [0.2, 0.25) is 0 Å². The van der Waals surface area contributed by atoms with E-state index in [-0.39, 0.29) is 58.6 Å². The van der Waals surface area contributed by atoms with Crippen molar-refractivity contribution in [2.45, 2.75) is 37.9 Å². The molecule has 0 radical (unpaired) electrons. The van der Waals surface area contributed by atoms with Gasteiger partial charge < -0.3 is 18.7 Å². The molecule has 1 heterocycles. The van der Waals surface area contributed by atoms with Crippen LogP contribution in [0.1, 0.15) is 32.3 Å². The number of amides is 1. The summed E-state index contributed by atoms with van der Waals surface area (Å²) >= 11 is 5.07. The quantitative estimate of drug-likeness (QED) is 0.254. The van der Waals surface area contributed by atoms with Crippen molar-refractivity contribution < 1.29 is 51.1 Å². The van der Waals surface area contributed by atoms with Crippen molar-refractivity contribution in [1.29, 1.82) is 0 Å². The molecule has 0 aromatic heterocycles. The number of carbonyl (C=O) groups excluding carboxylic acids is 1. The third-order valence-corrected chi connectivity index (χ3v) is 7.94. The van der Waals surface area contributed by atoms with E-state index >= 15 is 0 Å². The Balaban J connectivity index is 0.000000782. The molecular formula is C20H30N3O4S2Y. The fraction of sp³-hybridized carbons (Fsp3) is 0.500. The zero-order valence-corrected chi connectivity index (χ0v) is 22.1. The first-order valence-corrected chi connectivity index (χ1v) is 11.3. The number of piperidine rings is 1. The number of nitrogens with zero attached hydrogens (tertiary/aromatic N) is 2. The van der Waals surface area contributed by atoms with Crippen LogP contribution in [-0.4, -0.2) is 64.7 Å². The van der Waals surface area contributed by atoms with E-state index in [0.29, 0.717) is 18.1 Å². The van der Waals surface area contributed by atoms with E-state index in [9.17, 15) is 13.2 Å². The van der Waals surface area contributed by atoms with Crippen LogP contribution in [0.15, 0.2) is 24.3 Å². The number of sulfonamides is 1. The maximum atomic E-state index is 12.8. The van der Waals surface area contributed by atoms with E-state index < -0.39 is 20.7 Å². The molecule has 1 aliphatic rings. The molecule has 2 rings (SSSR count). The van der Waals surface area contributed by atoms with Gasteiger partial charge in [-0.3, -0.25) is 14.3 Å². The van der Waals surface area contributed by atoms with E-state index in [0.717, 1.165) is 10.7 Å². The number of carbonyl (C=O) groups is 1. The molecule has 30 heavy (non-hydrogen) atoms. The summed E-state index contributed by atoms with van der Waals surface area (Å²) in [5, 5.41) is 8.96. The largest absolute Gasteiger partial charge is 3.00 e. The second-order valence-electron chi connectivity index (χ2n) is 6.61. The van der Waals surface area contributed by atoms with Crippen molar-refractivity contribution in [3.63, 3.8) is 0 Å². The number of hydroxylamine groups is 1. The van der Waals surface area contributed by atoms with E-state index in [4.69, 9.17) is 17.4 Å². The van der Waals surface area contributed by atoms with Crippen molar-refractivity contribution in [1.82, 2.24) is 14.7 Å². The molecule has 0 atom stereocenters. The third-order valence-electron chi connectivity index (χ3n) is 5.06. The van der Waals surface area contributed by atoms with Gasteiger partial charge >= 0.3 is 32.7 Å². The predicted octanol–water partition coefficient (Wildman–Crippen LogP) is 2.02. The summed E-state index contributed by atoms with van der Waals surface area (Å²) in [7, 11) is -3.98. The van der Waals surface area contributed by atoms with Gasteiger partial charge in [0.2, 0.25) is 10.0 Å². The van der Waals surface area contributed by atoms with Gasteiger partial charge in [0.15, 0.2) is 4.75 Å². The Labute approximate surface area is 211 Å². The van der Waals surface area contributed by atoms with Gasteiger partial charge in [0.1, 0.15) is 0 Å². The number of likely N-dealkylation sites (tertiary alicyclic amines) is 1. The maximum absolute atomic E-state index is 12.8. The van der Waals surface area contributed by atoms with E-state index in [1.165, 1.54) is 11.0 Å². The number of nitrogens with one attached hydrogen (secondary N) is 1. The van der Waals surface area contributed by atoms with Crippen molar-refractivity contribution in [3.05, 3.63) is 49.7 Å². The summed E-state index contributed by atoms with van der Waals surface area (Å²) in [5.74, 6) is -0.920. The monoisotopic (exact) mass is 529 g/mol. The Bertz CT molecular complexity index is 764. The van der Waals surface area contributed by atoms with Gasteiger partial charge in [-0.05, 0) is 19.8 Å². The summed E-state index contributed by atoms with van der Waals surface area (Å²) in [4.78, 5) is 14.6. The van der Waals surface area contributed by atoms with Gasteiger partial charge in [-0.25, -0.2) is 13.9 Å². The summed E-state index contributed by atoms with van der Waals surface area (Å²) in [5.41, 5.74) is 2.87. The van der Waals surface area contributed by atoms with Crippen LogP contribution in [0.3, 0.4) is 0 Å². The van der Waals surface area contributed by atoms with E-state index in [1.807, 2.05) is 17.0 Å². The minimum absolute atomic E-state index is 0. The van der Waals surface area contributed by atoms with Gasteiger partial charge in [0.25, 0.3) is 5.91 Å². The van der Waals surface area contributed by atoms with Crippen LogP contribution in [0.5, 0.6) is 0 Å². The first-order valence-electron chi connectivity index (χ1n) is 9.43. The molecule has 1 aromatic carbocycles. The molecule has 0 saturated carbocycles. The Hall–Kier alpha value is -0.446. The zero-order chi connectivity index (χ0) is 22.1. The Morgan fingerprint density at radius 3 is 2.13 bits per heavy atom. The summed E-state index contributed by atoms with van der Waals surface area (Å²) in [6, 6.07) is 11.0. The molecule has 1 fully saturated rings. The number of thiocarbonyl (C=S) groups is 1. The fourth-order valence-electron chi connectivity index (χ4n) is 3.14. The van der Waals surface area contributed by atoms with Crippen LogP contribution in [0.25, 0.3) is 0 Å². The average Bonchev–Trinajstić information content (AvgIpc) is 2.74. The molecule has 1 saturated heterocycles. The Morgan fingerprint density at radius 2 is 1.80 bits per heavy atom. The summed E-state index contributed by atoms with van der Waals surface area (Å²) in [6.45, 7) is 11.6. The molecule has 1 aliphatic heterocycles. The molecule has 2 N–H and O–H groups in total. The Morgan fingerprint density at radius 1 is 1.30 bits per heavy atom. The van der Waals surface area contributed by atoms with Crippen LogP contribution >= 0.6 is 12.2 Å². The van der Waals surface area contributed by atoms with Crippen molar-refractivity contribution >= 4 is 33.1 Å². The minimum Gasteiger partial charge on any atom is -0.366 e. The third kappa shape index (κ3) is 7.03.